The number of nitrogens with two attached hydrogens (primary N) is 1. The van der Waals surface area contributed by atoms with Gasteiger partial charge in [-0.2, -0.15) is 0 Å². The molecule has 0 aromatic heterocycles. The van der Waals surface area contributed by atoms with Crippen LogP contribution < -0.4 is 10.6 Å². The van der Waals surface area contributed by atoms with Crippen LogP contribution in [-0.4, -0.2) is 17.7 Å². The number of urea groups is 1. The van der Waals surface area contributed by atoms with Crippen molar-refractivity contribution >= 4 is 23.4 Å². The lowest BCUT2D eigenvalue weighted by atomic mass is 9.80. The fraction of sp³-hybridized carbons (Fsp3) is 0.438. The summed E-state index contributed by atoms with van der Waals surface area (Å²) in [4.78, 5) is 37.7. The predicted molar refractivity (Wildman–Crippen MR) is 77.8 cm³/mol. The summed E-state index contributed by atoms with van der Waals surface area (Å²) in [5.74, 6) is -1.50. The van der Waals surface area contributed by atoms with Crippen molar-refractivity contribution < 1.29 is 14.4 Å². The number of ketones is 1. The van der Waals surface area contributed by atoms with Gasteiger partial charge in [0.25, 0.3) is 0 Å². The molecule has 2 N–H and O–H groups in total. The Bertz CT molecular complexity index is 605. The summed E-state index contributed by atoms with van der Waals surface area (Å²) in [5, 5.41) is 0. The van der Waals surface area contributed by atoms with E-state index in [1.165, 1.54) is 0 Å². The van der Waals surface area contributed by atoms with E-state index < -0.39 is 17.9 Å². The van der Waals surface area contributed by atoms with Crippen molar-refractivity contribution in [3.05, 3.63) is 29.8 Å². The van der Waals surface area contributed by atoms with Crippen LogP contribution in [0.25, 0.3) is 0 Å². The molecule has 1 fully saturated rings. The summed E-state index contributed by atoms with van der Waals surface area (Å²) in [6.07, 6.45) is 4.87. The second-order valence-electron chi connectivity index (χ2n) is 5.74. The minimum atomic E-state index is -0.864. The lowest BCUT2D eigenvalue weighted by Crippen LogP contribution is -2.41. The molecular formula is C16H18N2O3. The van der Waals surface area contributed by atoms with E-state index in [9.17, 15) is 14.4 Å². The third-order valence-corrected chi connectivity index (χ3v) is 4.47. The molecule has 3 amide bonds. The molecule has 1 aliphatic heterocycles. The van der Waals surface area contributed by atoms with E-state index in [1.54, 1.807) is 24.3 Å². The van der Waals surface area contributed by atoms with E-state index in [-0.39, 0.29) is 11.7 Å². The zero-order valence-corrected chi connectivity index (χ0v) is 11.7. The summed E-state index contributed by atoms with van der Waals surface area (Å²) >= 11 is 0. The summed E-state index contributed by atoms with van der Waals surface area (Å²) in [6, 6.07) is 6.08. The number of para-hydroxylation sites is 1. The highest BCUT2D eigenvalue weighted by Crippen LogP contribution is 2.40. The first-order chi connectivity index (χ1) is 10.1. The predicted octanol–water partition coefficient (Wildman–Crippen LogP) is 2.34. The largest absolute Gasteiger partial charge is 0.351 e. The molecule has 0 bridgehead atoms. The van der Waals surface area contributed by atoms with Gasteiger partial charge in [-0.3, -0.25) is 9.59 Å². The Balaban J connectivity index is 1.97. The molecule has 5 heteroatoms. The zero-order chi connectivity index (χ0) is 15.0. The lowest BCUT2D eigenvalue weighted by molar-refractivity contribution is -0.131. The number of fused-ring (bicyclic) bond motifs is 1. The van der Waals surface area contributed by atoms with Gasteiger partial charge in [0.15, 0.2) is 5.78 Å². The first-order valence-electron chi connectivity index (χ1n) is 7.37. The summed E-state index contributed by atoms with van der Waals surface area (Å²) in [5.41, 5.74) is 6.36. The van der Waals surface area contributed by atoms with Crippen LogP contribution in [0.15, 0.2) is 24.3 Å². The zero-order valence-electron chi connectivity index (χ0n) is 11.7. The van der Waals surface area contributed by atoms with Crippen molar-refractivity contribution in [1.29, 1.82) is 0 Å². The number of carbonyl (C=O) groups is 3. The fourth-order valence-corrected chi connectivity index (χ4v) is 3.44. The molecule has 110 valence electrons. The molecule has 0 saturated heterocycles. The maximum Gasteiger partial charge on any atom is 0.326 e. The number of benzene rings is 1. The van der Waals surface area contributed by atoms with E-state index in [4.69, 9.17) is 5.73 Å². The second-order valence-corrected chi connectivity index (χ2v) is 5.74. The molecular weight excluding hydrogens is 268 g/mol. The number of rotatable bonds is 2. The number of primary amides is 1. The molecule has 1 aromatic carbocycles. The average molecular weight is 286 g/mol. The van der Waals surface area contributed by atoms with Crippen LogP contribution in [0.5, 0.6) is 0 Å². The van der Waals surface area contributed by atoms with Gasteiger partial charge in [0.05, 0.1) is 5.69 Å². The van der Waals surface area contributed by atoms with E-state index in [0.29, 0.717) is 11.3 Å². The number of Topliss-reactive ketones (excluding diaryl/α,β-unsaturated/α-hetero) is 1. The maximum atomic E-state index is 12.7. The third-order valence-electron chi connectivity index (χ3n) is 4.47. The van der Waals surface area contributed by atoms with Gasteiger partial charge in [-0.15, -0.1) is 0 Å². The monoisotopic (exact) mass is 286 g/mol. The Labute approximate surface area is 123 Å². The van der Waals surface area contributed by atoms with Gasteiger partial charge < -0.3 is 5.73 Å². The van der Waals surface area contributed by atoms with Gasteiger partial charge >= 0.3 is 6.03 Å². The Morgan fingerprint density at radius 1 is 1.10 bits per heavy atom. The summed E-state index contributed by atoms with van der Waals surface area (Å²) in [6.45, 7) is 0. The fourth-order valence-electron chi connectivity index (χ4n) is 3.44. The van der Waals surface area contributed by atoms with Gasteiger partial charge in [0, 0.05) is 5.92 Å². The smallest absolute Gasteiger partial charge is 0.326 e. The number of imide groups is 1. The molecule has 5 nitrogen and oxygen atoms in total. The molecule has 1 atom stereocenters. The number of hydrogen-bond acceptors (Lipinski definition) is 3. The first-order valence-corrected chi connectivity index (χ1v) is 7.37. The van der Waals surface area contributed by atoms with Crippen molar-refractivity contribution in [1.82, 2.24) is 0 Å². The maximum absolute atomic E-state index is 12.7. The van der Waals surface area contributed by atoms with Gasteiger partial charge in [-0.05, 0) is 24.5 Å². The third kappa shape index (κ3) is 2.22. The van der Waals surface area contributed by atoms with E-state index >= 15 is 0 Å². The van der Waals surface area contributed by atoms with Gasteiger partial charge in [-0.25, -0.2) is 9.69 Å². The molecule has 2 aliphatic rings. The van der Waals surface area contributed by atoms with Crippen molar-refractivity contribution in [2.45, 2.75) is 38.0 Å². The van der Waals surface area contributed by atoms with Crippen LogP contribution in [0.3, 0.4) is 0 Å². The lowest BCUT2D eigenvalue weighted by Gasteiger charge is -2.22. The highest BCUT2D eigenvalue weighted by Gasteiger charge is 2.45. The van der Waals surface area contributed by atoms with Crippen molar-refractivity contribution in [3.63, 3.8) is 0 Å². The molecule has 0 radical (unpaired) electrons. The van der Waals surface area contributed by atoms with Crippen molar-refractivity contribution in [2.75, 3.05) is 4.90 Å². The standard InChI is InChI=1S/C16H18N2O3/c17-16(21)18-12-9-5-4-8-11(12)13(15(18)20)14(19)10-6-2-1-3-7-10/h4-5,8-10,13H,1-3,6-7H2,(H2,17,21). The van der Waals surface area contributed by atoms with Crippen LogP contribution in [0.4, 0.5) is 10.5 Å². The Morgan fingerprint density at radius 3 is 2.43 bits per heavy atom. The van der Waals surface area contributed by atoms with Gasteiger partial charge in [0.2, 0.25) is 5.91 Å². The first kappa shape index (κ1) is 13.8. The van der Waals surface area contributed by atoms with Crippen molar-refractivity contribution in [3.8, 4) is 0 Å². The van der Waals surface area contributed by atoms with Crippen molar-refractivity contribution in [2.24, 2.45) is 11.7 Å². The molecule has 1 saturated carbocycles. The summed E-state index contributed by atoms with van der Waals surface area (Å²) in [7, 11) is 0. The molecule has 1 unspecified atom stereocenters. The van der Waals surface area contributed by atoms with E-state index in [0.717, 1.165) is 37.0 Å². The Kier molecular flexibility index (Phi) is 3.49. The highest BCUT2D eigenvalue weighted by atomic mass is 16.2. The SMILES string of the molecule is NC(=O)N1C(=O)C(C(=O)C2CCCCC2)c2ccccc21. The molecule has 1 aromatic rings. The quantitative estimate of drug-likeness (QED) is 0.847. The average Bonchev–Trinajstić information content (AvgIpc) is 2.79. The van der Waals surface area contributed by atoms with Crippen LogP contribution in [0, 0.1) is 5.92 Å². The topological polar surface area (TPSA) is 80.5 Å². The van der Waals surface area contributed by atoms with Crippen LogP contribution in [0.1, 0.15) is 43.6 Å². The van der Waals surface area contributed by atoms with Crippen LogP contribution >= 0.6 is 0 Å². The van der Waals surface area contributed by atoms with E-state index in [1.807, 2.05) is 0 Å². The Hall–Kier alpha value is -2.17. The number of hydrogen-bond donors (Lipinski definition) is 1. The highest BCUT2D eigenvalue weighted by molar-refractivity contribution is 6.27. The summed E-state index contributed by atoms with van der Waals surface area (Å²) < 4.78 is 0. The number of amides is 3. The van der Waals surface area contributed by atoms with Crippen LogP contribution in [-0.2, 0) is 9.59 Å². The second kappa shape index (κ2) is 5.31. The van der Waals surface area contributed by atoms with E-state index in [2.05, 4.69) is 0 Å². The number of nitrogens with zero attached hydrogens (tertiary/aromatic N) is 1. The molecule has 21 heavy (non-hydrogen) atoms. The number of carbonyl (C=O) groups excluding carboxylic acids is 3. The minimum absolute atomic E-state index is 0.0594. The normalized spacial score (nSPS) is 22.2. The molecule has 1 aliphatic carbocycles. The number of anilines is 1. The van der Waals surface area contributed by atoms with Gasteiger partial charge in [-0.1, -0.05) is 37.5 Å². The van der Waals surface area contributed by atoms with Gasteiger partial charge in [0.1, 0.15) is 5.92 Å². The minimum Gasteiger partial charge on any atom is -0.351 e. The Morgan fingerprint density at radius 2 is 1.76 bits per heavy atom. The van der Waals surface area contributed by atoms with Crippen LogP contribution in [0.2, 0.25) is 0 Å². The molecule has 0 spiro atoms. The molecule has 3 rings (SSSR count). The molecule has 1 heterocycles.